The van der Waals surface area contributed by atoms with Crippen molar-refractivity contribution in [2.75, 3.05) is 0 Å². The van der Waals surface area contributed by atoms with Crippen LogP contribution in [0.25, 0.3) is 50.3 Å². The van der Waals surface area contributed by atoms with Crippen molar-refractivity contribution < 1.29 is 4.39 Å². The van der Waals surface area contributed by atoms with Crippen molar-refractivity contribution in [3.05, 3.63) is 96.6 Å². The van der Waals surface area contributed by atoms with E-state index in [1.165, 1.54) is 12.1 Å². The molecule has 3 aromatic heterocycles. The van der Waals surface area contributed by atoms with E-state index in [9.17, 15) is 4.39 Å². The Morgan fingerprint density at radius 3 is 2.51 bits per heavy atom. The van der Waals surface area contributed by atoms with E-state index >= 15 is 0 Å². The van der Waals surface area contributed by atoms with Crippen molar-refractivity contribution in [3.8, 4) is 22.6 Å². The highest BCUT2D eigenvalue weighted by molar-refractivity contribution is 5.96. The maximum atomic E-state index is 13.5. The van der Waals surface area contributed by atoms with Gasteiger partial charge in [-0.2, -0.15) is 5.10 Å². The molecule has 0 fully saturated rings. The monoisotopic (exact) mass is 520 g/mol. The molecular weight excluding hydrogens is 487 g/mol. The van der Waals surface area contributed by atoms with Crippen LogP contribution in [0.5, 0.6) is 0 Å². The van der Waals surface area contributed by atoms with Gasteiger partial charge in [0.2, 0.25) is 0 Å². The first-order chi connectivity index (χ1) is 18.7. The number of allylic oxidation sites excluding steroid dienone is 5. The van der Waals surface area contributed by atoms with Crippen LogP contribution >= 0.6 is 0 Å². The van der Waals surface area contributed by atoms with E-state index in [-0.39, 0.29) is 11.7 Å². The molecule has 0 aliphatic rings. The highest BCUT2D eigenvalue weighted by Gasteiger charge is 2.19. The predicted molar refractivity (Wildman–Crippen MR) is 158 cm³/mol. The minimum atomic E-state index is -0.267. The van der Waals surface area contributed by atoms with Crippen LogP contribution in [0.3, 0.4) is 0 Å². The smallest absolute Gasteiger partial charge is 0.161 e. The summed E-state index contributed by atoms with van der Waals surface area (Å²) in [4.78, 5) is 13.5. The molecular formula is C32H33FN6. The van der Waals surface area contributed by atoms with Gasteiger partial charge in [-0.05, 0) is 74.2 Å². The Morgan fingerprint density at radius 1 is 1.03 bits per heavy atom. The van der Waals surface area contributed by atoms with Crippen LogP contribution < -0.4 is 5.32 Å². The molecule has 0 spiro atoms. The first-order valence-corrected chi connectivity index (χ1v) is 13.1. The number of aromatic amines is 1. The van der Waals surface area contributed by atoms with Crippen molar-refractivity contribution in [1.29, 1.82) is 0 Å². The second-order valence-electron chi connectivity index (χ2n) is 10.2. The quantitative estimate of drug-likeness (QED) is 0.165. The Morgan fingerprint density at radius 2 is 1.79 bits per heavy atom. The Bertz CT molecular complexity index is 1720. The van der Waals surface area contributed by atoms with Gasteiger partial charge in [0.1, 0.15) is 11.3 Å². The molecule has 0 bridgehead atoms. The molecule has 0 unspecified atom stereocenters. The molecule has 0 aliphatic carbocycles. The first-order valence-electron chi connectivity index (χ1n) is 13.1. The number of nitrogens with zero attached hydrogens (tertiary/aromatic N) is 4. The standard InChI is InChI=1S/C32H33FN6/c1-7-20(4)17-23(18-21(5)34-19(2)3)26-15-16-28-30(35-26)31(38-39(28)6)32-36-27-10-8-9-25(29(27)37-32)22-11-13-24(33)14-12-22/h7-20,34H,1H2,2-6H3,(H,36,37)/b21-18+,23-17+/t20-/m0/s1. The summed E-state index contributed by atoms with van der Waals surface area (Å²) < 4.78 is 15.4. The van der Waals surface area contributed by atoms with Crippen LogP contribution in [0, 0.1) is 11.7 Å². The highest BCUT2D eigenvalue weighted by Crippen LogP contribution is 2.32. The maximum Gasteiger partial charge on any atom is 0.161 e. The Balaban J connectivity index is 1.64. The number of nitrogens with one attached hydrogen (secondary N) is 2. The zero-order valence-corrected chi connectivity index (χ0v) is 23.0. The summed E-state index contributed by atoms with van der Waals surface area (Å²) in [5, 5.41) is 8.26. The molecule has 2 N–H and O–H groups in total. The maximum absolute atomic E-state index is 13.5. The summed E-state index contributed by atoms with van der Waals surface area (Å²) in [5.41, 5.74) is 8.75. The van der Waals surface area contributed by atoms with Crippen molar-refractivity contribution in [3.63, 3.8) is 0 Å². The number of fused-ring (bicyclic) bond motifs is 2. The predicted octanol–water partition coefficient (Wildman–Crippen LogP) is 7.43. The van der Waals surface area contributed by atoms with Gasteiger partial charge in [-0.1, -0.05) is 43.3 Å². The molecule has 6 nitrogen and oxygen atoms in total. The molecule has 0 radical (unpaired) electrons. The number of hydrogen-bond acceptors (Lipinski definition) is 4. The lowest BCUT2D eigenvalue weighted by Crippen LogP contribution is -2.20. The highest BCUT2D eigenvalue weighted by atomic mass is 19.1. The fourth-order valence-corrected chi connectivity index (χ4v) is 4.75. The van der Waals surface area contributed by atoms with Gasteiger partial charge in [0.05, 0.1) is 22.2 Å². The number of benzene rings is 2. The number of rotatable bonds is 8. The third kappa shape index (κ3) is 5.39. The first kappa shape index (κ1) is 26.1. The van der Waals surface area contributed by atoms with Gasteiger partial charge in [-0.25, -0.2) is 14.4 Å². The average molecular weight is 521 g/mol. The van der Waals surface area contributed by atoms with E-state index in [0.29, 0.717) is 17.6 Å². The summed E-state index contributed by atoms with van der Waals surface area (Å²) in [7, 11) is 1.91. The van der Waals surface area contributed by atoms with E-state index < -0.39 is 0 Å². The third-order valence-corrected chi connectivity index (χ3v) is 6.59. The Labute approximate surface area is 228 Å². The summed E-state index contributed by atoms with van der Waals surface area (Å²) in [5.74, 6) is 0.540. The number of aryl methyl sites for hydroxylation is 1. The molecule has 0 aliphatic heterocycles. The molecule has 5 rings (SSSR count). The van der Waals surface area contributed by atoms with Gasteiger partial charge in [-0.3, -0.25) is 4.68 Å². The number of para-hydroxylation sites is 1. The molecule has 0 amide bonds. The van der Waals surface area contributed by atoms with Gasteiger partial charge in [0, 0.05) is 24.4 Å². The second-order valence-corrected chi connectivity index (χ2v) is 10.2. The topological polar surface area (TPSA) is 71.4 Å². The molecule has 39 heavy (non-hydrogen) atoms. The molecule has 0 saturated carbocycles. The summed E-state index contributed by atoms with van der Waals surface area (Å²) in [6.07, 6.45) is 6.21. The van der Waals surface area contributed by atoms with Gasteiger partial charge in [0.25, 0.3) is 0 Å². The minimum absolute atomic E-state index is 0.175. The average Bonchev–Trinajstić information content (AvgIpc) is 3.49. The third-order valence-electron chi connectivity index (χ3n) is 6.59. The number of aromatic nitrogens is 5. The lowest BCUT2D eigenvalue weighted by Gasteiger charge is -2.12. The number of H-pyrrole nitrogens is 1. The van der Waals surface area contributed by atoms with Crippen LogP contribution in [0.15, 0.2) is 85.1 Å². The molecule has 198 valence electrons. The summed E-state index contributed by atoms with van der Waals surface area (Å²) in [6, 6.07) is 16.8. The van der Waals surface area contributed by atoms with E-state index in [2.05, 4.69) is 56.7 Å². The lowest BCUT2D eigenvalue weighted by molar-refractivity contribution is 0.628. The van der Waals surface area contributed by atoms with E-state index in [4.69, 9.17) is 15.1 Å². The van der Waals surface area contributed by atoms with E-state index in [0.717, 1.165) is 50.2 Å². The van der Waals surface area contributed by atoms with Crippen LogP contribution in [0.4, 0.5) is 4.39 Å². The van der Waals surface area contributed by atoms with E-state index in [1.54, 1.807) is 12.1 Å². The van der Waals surface area contributed by atoms with Gasteiger partial charge in [0.15, 0.2) is 11.5 Å². The Kier molecular flexibility index (Phi) is 7.15. The Hall–Kier alpha value is -4.52. The molecule has 7 heteroatoms. The second kappa shape index (κ2) is 10.7. The molecule has 3 heterocycles. The fourth-order valence-electron chi connectivity index (χ4n) is 4.75. The number of hydrogen-bond donors (Lipinski definition) is 2. The normalized spacial score (nSPS) is 13.4. The minimum Gasteiger partial charge on any atom is -0.386 e. The van der Waals surface area contributed by atoms with Crippen molar-refractivity contribution in [2.24, 2.45) is 13.0 Å². The van der Waals surface area contributed by atoms with Crippen LogP contribution in [0.2, 0.25) is 0 Å². The largest absolute Gasteiger partial charge is 0.386 e. The van der Waals surface area contributed by atoms with Crippen molar-refractivity contribution in [2.45, 2.75) is 33.7 Å². The molecule has 1 atom stereocenters. The van der Waals surface area contributed by atoms with Crippen molar-refractivity contribution in [1.82, 2.24) is 30.0 Å². The SMILES string of the molecule is C=C[C@H](C)/C=C(\C=C(/C)NC(C)C)c1ccc2c(n1)c(-c1nc3c(-c4ccc(F)cc4)cccc3[nH]1)nn2C. The zero-order chi connectivity index (χ0) is 27.7. The number of pyridine rings is 1. The molecule has 5 aromatic rings. The van der Waals surface area contributed by atoms with Gasteiger partial charge < -0.3 is 10.3 Å². The molecule has 0 saturated heterocycles. The van der Waals surface area contributed by atoms with Crippen LogP contribution in [-0.4, -0.2) is 30.8 Å². The van der Waals surface area contributed by atoms with Crippen molar-refractivity contribution >= 4 is 27.6 Å². The lowest BCUT2D eigenvalue weighted by atomic mass is 10.0. The summed E-state index contributed by atoms with van der Waals surface area (Å²) >= 11 is 0. The van der Waals surface area contributed by atoms with Crippen LogP contribution in [0.1, 0.15) is 33.4 Å². The van der Waals surface area contributed by atoms with Gasteiger partial charge >= 0.3 is 0 Å². The number of imidazole rings is 1. The fraction of sp³-hybridized carbons (Fsp3) is 0.219. The van der Waals surface area contributed by atoms with E-state index in [1.807, 2.05) is 48.1 Å². The summed E-state index contributed by atoms with van der Waals surface area (Å²) in [6.45, 7) is 12.4. The molecule has 2 aromatic carbocycles. The number of halogens is 1. The van der Waals surface area contributed by atoms with Gasteiger partial charge in [-0.15, -0.1) is 6.58 Å². The van der Waals surface area contributed by atoms with Crippen LogP contribution in [-0.2, 0) is 7.05 Å². The zero-order valence-electron chi connectivity index (χ0n) is 23.0.